The number of hydrogen-bond acceptors (Lipinski definition) is 2. The number of hydrogen-bond donors (Lipinski definition) is 2. The molecule has 0 bridgehead atoms. The Labute approximate surface area is 94.2 Å². The van der Waals surface area contributed by atoms with E-state index in [-0.39, 0.29) is 0 Å². The zero-order valence-corrected chi connectivity index (χ0v) is 10.4. The third-order valence-corrected chi connectivity index (χ3v) is 4.27. The van der Waals surface area contributed by atoms with Crippen LogP contribution >= 0.6 is 0 Å². The summed E-state index contributed by atoms with van der Waals surface area (Å²) >= 11 is 0. The Kier molecular flexibility index (Phi) is 3.36. The zero-order chi connectivity index (χ0) is 10.8. The Morgan fingerprint density at radius 1 is 1.20 bits per heavy atom. The van der Waals surface area contributed by atoms with Crippen molar-refractivity contribution in [1.82, 2.24) is 10.6 Å². The summed E-state index contributed by atoms with van der Waals surface area (Å²) in [6, 6.07) is 0. The highest BCUT2D eigenvalue weighted by Crippen LogP contribution is 2.44. The van der Waals surface area contributed by atoms with Gasteiger partial charge in [-0.1, -0.05) is 20.3 Å². The van der Waals surface area contributed by atoms with E-state index in [9.17, 15) is 0 Å². The van der Waals surface area contributed by atoms with E-state index in [4.69, 9.17) is 0 Å². The lowest BCUT2D eigenvalue weighted by Gasteiger charge is -2.29. The second kappa shape index (κ2) is 4.42. The van der Waals surface area contributed by atoms with Gasteiger partial charge in [0.25, 0.3) is 0 Å². The molecule has 1 unspecified atom stereocenters. The van der Waals surface area contributed by atoms with Crippen molar-refractivity contribution in [1.29, 1.82) is 0 Å². The highest BCUT2D eigenvalue weighted by molar-refractivity contribution is 4.93. The Balaban J connectivity index is 1.74. The van der Waals surface area contributed by atoms with Crippen LogP contribution < -0.4 is 10.6 Å². The first-order chi connectivity index (χ1) is 7.18. The molecule has 15 heavy (non-hydrogen) atoms. The molecule has 0 amide bonds. The molecule has 0 spiro atoms. The Hall–Kier alpha value is -0.0800. The lowest BCUT2D eigenvalue weighted by Crippen LogP contribution is -2.38. The largest absolute Gasteiger partial charge is 0.316 e. The van der Waals surface area contributed by atoms with Gasteiger partial charge in [-0.15, -0.1) is 0 Å². The molecule has 1 saturated carbocycles. The van der Waals surface area contributed by atoms with Gasteiger partial charge in [0.1, 0.15) is 0 Å². The molecule has 2 heteroatoms. The van der Waals surface area contributed by atoms with Crippen molar-refractivity contribution in [2.24, 2.45) is 10.8 Å². The van der Waals surface area contributed by atoms with Crippen LogP contribution in [0, 0.1) is 10.8 Å². The molecule has 2 nitrogen and oxygen atoms in total. The van der Waals surface area contributed by atoms with E-state index in [2.05, 4.69) is 24.5 Å². The van der Waals surface area contributed by atoms with Gasteiger partial charge in [0.15, 0.2) is 0 Å². The van der Waals surface area contributed by atoms with E-state index in [0.29, 0.717) is 10.8 Å². The molecule has 0 aromatic rings. The molecule has 1 aliphatic carbocycles. The van der Waals surface area contributed by atoms with Crippen LogP contribution in [0.4, 0.5) is 0 Å². The molecule has 1 heterocycles. The lowest BCUT2D eigenvalue weighted by molar-refractivity contribution is 0.269. The second-order valence-electron chi connectivity index (χ2n) is 6.09. The third kappa shape index (κ3) is 2.94. The standard InChI is InChI=1S/C13H26N2/c1-3-4-13(7-8-14-10-13)11-15-9-12(2)5-6-12/h14-15H,3-11H2,1-2H3. The van der Waals surface area contributed by atoms with Gasteiger partial charge in [0.05, 0.1) is 0 Å². The molecule has 2 fully saturated rings. The topological polar surface area (TPSA) is 24.1 Å². The van der Waals surface area contributed by atoms with Gasteiger partial charge in [-0.3, -0.25) is 0 Å². The van der Waals surface area contributed by atoms with Crippen molar-refractivity contribution in [3.8, 4) is 0 Å². The molecule has 0 aromatic carbocycles. The number of rotatable bonds is 6. The molecular weight excluding hydrogens is 184 g/mol. The predicted molar refractivity (Wildman–Crippen MR) is 65.0 cm³/mol. The molecular formula is C13H26N2. The first kappa shape index (κ1) is 11.4. The maximum atomic E-state index is 3.72. The maximum absolute atomic E-state index is 3.72. The van der Waals surface area contributed by atoms with E-state index >= 15 is 0 Å². The van der Waals surface area contributed by atoms with E-state index in [1.807, 2.05) is 0 Å². The van der Waals surface area contributed by atoms with Crippen molar-refractivity contribution in [3.05, 3.63) is 0 Å². The summed E-state index contributed by atoms with van der Waals surface area (Å²) in [5.74, 6) is 0. The van der Waals surface area contributed by atoms with Gasteiger partial charge in [-0.05, 0) is 43.1 Å². The fraction of sp³-hybridized carbons (Fsp3) is 1.00. The highest BCUT2D eigenvalue weighted by Gasteiger charge is 2.38. The fourth-order valence-corrected chi connectivity index (χ4v) is 2.80. The minimum Gasteiger partial charge on any atom is -0.316 e. The minimum absolute atomic E-state index is 0.569. The lowest BCUT2D eigenvalue weighted by atomic mass is 9.82. The van der Waals surface area contributed by atoms with E-state index < -0.39 is 0 Å². The molecule has 1 aliphatic heterocycles. The Morgan fingerprint density at radius 2 is 2.00 bits per heavy atom. The van der Waals surface area contributed by atoms with Crippen LogP contribution in [-0.2, 0) is 0 Å². The quantitative estimate of drug-likeness (QED) is 0.702. The number of nitrogens with one attached hydrogen (secondary N) is 2. The summed E-state index contributed by atoms with van der Waals surface area (Å²) < 4.78 is 0. The monoisotopic (exact) mass is 210 g/mol. The first-order valence-electron chi connectivity index (χ1n) is 6.60. The summed E-state index contributed by atoms with van der Waals surface area (Å²) in [7, 11) is 0. The molecule has 2 N–H and O–H groups in total. The van der Waals surface area contributed by atoms with Crippen LogP contribution in [0.3, 0.4) is 0 Å². The first-order valence-corrected chi connectivity index (χ1v) is 6.60. The van der Waals surface area contributed by atoms with Crippen LogP contribution in [-0.4, -0.2) is 26.2 Å². The second-order valence-corrected chi connectivity index (χ2v) is 6.09. The van der Waals surface area contributed by atoms with Gasteiger partial charge in [-0.2, -0.15) is 0 Å². The third-order valence-electron chi connectivity index (χ3n) is 4.27. The van der Waals surface area contributed by atoms with Crippen molar-refractivity contribution < 1.29 is 0 Å². The van der Waals surface area contributed by atoms with Crippen molar-refractivity contribution in [3.63, 3.8) is 0 Å². The average Bonchev–Trinajstić information content (AvgIpc) is 2.77. The predicted octanol–water partition coefficient (Wildman–Crippen LogP) is 2.16. The molecule has 0 radical (unpaired) electrons. The summed E-state index contributed by atoms with van der Waals surface area (Å²) in [5.41, 5.74) is 1.22. The van der Waals surface area contributed by atoms with Crippen molar-refractivity contribution in [2.75, 3.05) is 26.2 Å². The fourth-order valence-electron chi connectivity index (χ4n) is 2.80. The molecule has 1 saturated heterocycles. The molecule has 2 rings (SSSR count). The Morgan fingerprint density at radius 3 is 2.53 bits per heavy atom. The van der Waals surface area contributed by atoms with Crippen molar-refractivity contribution in [2.45, 2.75) is 46.0 Å². The van der Waals surface area contributed by atoms with Crippen LogP contribution in [0.1, 0.15) is 46.0 Å². The summed E-state index contributed by atoms with van der Waals surface area (Å²) in [6.45, 7) is 9.62. The van der Waals surface area contributed by atoms with E-state index in [0.717, 1.165) is 0 Å². The van der Waals surface area contributed by atoms with Crippen LogP contribution in [0.2, 0.25) is 0 Å². The molecule has 2 aliphatic rings. The summed E-state index contributed by atoms with van der Waals surface area (Å²) in [5, 5.41) is 7.24. The SMILES string of the molecule is CCCC1(CNCC2(C)CC2)CCNC1. The maximum Gasteiger partial charge on any atom is 0.00207 e. The van der Waals surface area contributed by atoms with Crippen LogP contribution in [0.5, 0.6) is 0 Å². The van der Waals surface area contributed by atoms with Gasteiger partial charge < -0.3 is 10.6 Å². The van der Waals surface area contributed by atoms with Gasteiger partial charge in [-0.25, -0.2) is 0 Å². The summed E-state index contributed by atoms with van der Waals surface area (Å²) in [6.07, 6.45) is 6.92. The van der Waals surface area contributed by atoms with E-state index in [1.54, 1.807) is 0 Å². The minimum atomic E-state index is 0.569. The normalized spacial score (nSPS) is 33.2. The molecule has 0 aromatic heterocycles. The van der Waals surface area contributed by atoms with Crippen LogP contribution in [0.15, 0.2) is 0 Å². The van der Waals surface area contributed by atoms with Crippen molar-refractivity contribution >= 4 is 0 Å². The zero-order valence-electron chi connectivity index (χ0n) is 10.4. The summed E-state index contributed by atoms with van der Waals surface area (Å²) in [4.78, 5) is 0. The highest BCUT2D eigenvalue weighted by atomic mass is 15.0. The van der Waals surface area contributed by atoms with Gasteiger partial charge in [0, 0.05) is 19.6 Å². The molecule has 88 valence electrons. The van der Waals surface area contributed by atoms with Gasteiger partial charge >= 0.3 is 0 Å². The van der Waals surface area contributed by atoms with Gasteiger partial charge in [0.2, 0.25) is 0 Å². The van der Waals surface area contributed by atoms with E-state index in [1.165, 1.54) is 58.3 Å². The van der Waals surface area contributed by atoms with Crippen LogP contribution in [0.25, 0.3) is 0 Å². The molecule has 1 atom stereocenters. The smallest absolute Gasteiger partial charge is 0.00207 e. The Bertz CT molecular complexity index is 203. The average molecular weight is 210 g/mol.